The van der Waals surface area contributed by atoms with Crippen molar-refractivity contribution in [1.29, 1.82) is 0 Å². The Hall–Kier alpha value is -2.75. The van der Waals surface area contributed by atoms with Crippen molar-refractivity contribution in [1.82, 2.24) is 5.32 Å². The lowest BCUT2D eigenvalue weighted by Gasteiger charge is -2.34. The van der Waals surface area contributed by atoms with Crippen molar-refractivity contribution >= 4 is 11.7 Å². The van der Waals surface area contributed by atoms with E-state index in [1.165, 1.54) is 17.7 Å². The lowest BCUT2D eigenvalue weighted by atomic mass is 9.73. The minimum atomic E-state index is -0.289. The van der Waals surface area contributed by atoms with Crippen molar-refractivity contribution in [3.8, 4) is 0 Å². The number of carbonyl (C=O) groups excluding carboxylic acids is 2. The highest BCUT2D eigenvalue weighted by Gasteiger charge is 2.38. The van der Waals surface area contributed by atoms with Crippen LogP contribution in [0.1, 0.15) is 54.7 Å². The summed E-state index contributed by atoms with van der Waals surface area (Å²) in [5, 5.41) is 2.93. The number of ketones is 1. The standard InChI is InChI=1S/C23H22FNO2/c1-2-14-3-5-16(6-4-14)19-13-22(27)25-20-11-17(12-21(26)23(19)20)15-7-9-18(24)10-8-15/h3-10,17,19H,2,11-13H2,1H3,(H,25,27). The average molecular weight is 363 g/mol. The first-order valence-corrected chi connectivity index (χ1v) is 9.45. The predicted octanol–water partition coefficient (Wildman–Crippen LogP) is 4.39. The summed E-state index contributed by atoms with van der Waals surface area (Å²) in [4.78, 5) is 25.3. The maximum Gasteiger partial charge on any atom is 0.225 e. The molecule has 0 bridgehead atoms. The fraction of sp³-hybridized carbons (Fsp3) is 0.304. The first kappa shape index (κ1) is 17.7. The summed E-state index contributed by atoms with van der Waals surface area (Å²) in [6, 6.07) is 14.5. The summed E-state index contributed by atoms with van der Waals surface area (Å²) >= 11 is 0. The molecule has 0 saturated carbocycles. The molecular formula is C23H22FNO2. The Morgan fingerprint density at radius 3 is 2.26 bits per heavy atom. The van der Waals surface area contributed by atoms with Crippen LogP contribution < -0.4 is 5.32 Å². The summed E-state index contributed by atoms with van der Waals surface area (Å²) in [7, 11) is 0. The number of rotatable bonds is 3. The van der Waals surface area contributed by atoms with Crippen LogP contribution in [0, 0.1) is 5.82 Å². The van der Waals surface area contributed by atoms with Crippen LogP contribution in [0.25, 0.3) is 0 Å². The van der Waals surface area contributed by atoms with Crippen LogP contribution in [0.2, 0.25) is 0 Å². The monoisotopic (exact) mass is 363 g/mol. The second-order valence-electron chi connectivity index (χ2n) is 7.37. The van der Waals surface area contributed by atoms with Crippen molar-refractivity contribution in [2.45, 2.75) is 44.4 Å². The summed E-state index contributed by atoms with van der Waals surface area (Å²) < 4.78 is 13.2. The Morgan fingerprint density at radius 1 is 0.926 bits per heavy atom. The zero-order valence-corrected chi connectivity index (χ0v) is 15.3. The van der Waals surface area contributed by atoms with E-state index in [-0.39, 0.29) is 29.3 Å². The van der Waals surface area contributed by atoms with E-state index in [0.29, 0.717) is 19.3 Å². The molecule has 2 aromatic carbocycles. The number of Topliss-reactive ketones (excluding diaryl/α,β-unsaturated/α-hetero) is 1. The number of hydrogen-bond acceptors (Lipinski definition) is 2. The van der Waals surface area contributed by atoms with Crippen LogP contribution in [0.5, 0.6) is 0 Å². The number of hydrogen-bond donors (Lipinski definition) is 1. The van der Waals surface area contributed by atoms with Gasteiger partial charge in [0, 0.05) is 30.0 Å². The molecular weight excluding hydrogens is 341 g/mol. The molecule has 1 amide bonds. The van der Waals surface area contributed by atoms with Crippen LogP contribution in [0.3, 0.4) is 0 Å². The molecule has 4 rings (SSSR count). The Kier molecular flexibility index (Phi) is 4.65. The molecule has 1 aliphatic heterocycles. The smallest absolute Gasteiger partial charge is 0.225 e. The van der Waals surface area contributed by atoms with Gasteiger partial charge in [-0.15, -0.1) is 0 Å². The number of allylic oxidation sites excluding steroid dienone is 2. The Labute approximate surface area is 158 Å². The van der Waals surface area contributed by atoms with Gasteiger partial charge in [-0.05, 0) is 47.6 Å². The van der Waals surface area contributed by atoms with Gasteiger partial charge in [0.2, 0.25) is 5.91 Å². The van der Waals surface area contributed by atoms with Gasteiger partial charge in [0.1, 0.15) is 5.82 Å². The highest BCUT2D eigenvalue weighted by molar-refractivity contribution is 6.02. The first-order chi connectivity index (χ1) is 13.0. The predicted molar refractivity (Wildman–Crippen MR) is 102 cm³/mol. The largest absolute Gasteiger partial charge is 0.329 e. The van der Waals surface area contributed by atoms with Crippen molar-refractivity contribution < 1.29 is 14.0 Å². The molecule has 0 spiro atoms. The van der Waals surface area contributed by atoms with Gasteiger partial charge in [0.15, 0.2) is 5.78 Å². The molecule has 1 heterocycles. The van der Waals surface area contributed by atoms with Gasteiger partial charge in [-0.3, -0.25) is 9.59 Å². The molecule has 1 aliphatic carbocycles. The van der Waals surface area contributed by atoms with Gasteiger partial charge in [0.05, 0.1) is 0 Å². The molecule has 1 N–H and O–H groups in total. The van der Waals surface area contributed by atoms with E-state index < -0.39 is 0 Å². The minimum Gasteiger partial charge on any atom is -0.329 e. The molecule has 2 aliphatic rings. The van der Waals surface area contributed by atoms with Crippen molar-refractivity contribution in [3.05, 3.63) is 82.3 Å². The molecule has 2 aromatic rings. The average Bonchev–Trinajstić information content (AvgIpc) is 2.67. The molecule has 0 radical (unpaired) electrons. The fourth-order valence-electron chi connectivity index (χ4n) is 4.20. The summed E-state index contributed by atoms with van der Waals surface area (Å²) in [5.41, 5.74) is 4.67. The second kappa shape index (κ2) is 7.10. The number of carbonyl (C=O) groups is 2. The molecule has 4 heteroatoms. The molecule has 3 nitrogen and oxygen atoms in total. The van der Waals surface area contributed by atoms with Crippen molar-refractivity contribution in [2.75, 3.05) is 0 Å². The Balaban J connectivity index is 1.68. The zero-order valence-electron chi connectivity index (χ0n) is 15.3. The maximum absolute atomic E-state index is 13.2. The van der Waals surface area contributed by atoms with E-state index in [0.717, 1.165) is 28.8 Å². The Morgan fingerprint density at radius 2 is 1.59 bits per heavy atom. The third-order valence-electron chi connectivity index (χ3n) is 5.67. The highest BCUT2D eigenvalue weighted by atomic mass is 19.1. The number of benzene rings is 2. The van der Waals surface area contributed by atoms with Crippen LogP contribution >= 0.6 is 0 Å². The number of nitrogens with one attached hydrogen (secondary N) is 1. The molecule has 138 valence electrons. The van der Waals surface area contributed by atoms with Gasteiger partial charge in [-0.25, -0.2) is 4.39 Å². The molecule has 0 saturated heterocycles. The third-order valence-corrected chi connectivity index (χ3v) is 5.67. The molecule has 2 atom stereocenters. The normalized spacial score (nSPS) is 22.4. The number of amides is 1. The highest BCUT2D eigenvalue weighted by Crippen LogP contribution is 2.42. The van der Waals surface area contributed by atoms with Crippen LogP contribution in [0.4, 0.5) is 4.39 Å². The van der Waals surface area contributed by atoms with E-state index >= 15 is 0 Å². The fourth-order valence-corrected chi connectivity index (χ4v) is 4.20. The number of aryl methyl sites for hydroxylation is 1. The zero-order chi connectivity index (χ0) is 19.0. The quantitative estimate of drug-likeness (QED) is 0.879. The first-order valence-electron chi connectivity index (χ1n) is 9.45. The lowest BCUT2D eigenvalue weighted by molar-refractivity contribution is -0.122. The van der Waals surface area contributed by atoms with E-state index in [1.807, 2.05) is 12.1 Å². The maximum atomic E-state index is 13.2. The van der Waals surface area contributed by atoms with E-state index in [4.69, 9.17) is 0 Å². The summed E-state index contributed by atoms with van der Waals surface area (Å²) in [6.07, 6.45) is 2.25. The summed E-state index contributed by atoms with van der Waals surface area (Å²) in [6.45, 7) is 2.10. The van der Waals surface area contributed by atoms with E-state index in [9.17, 15) is 14.0 Å². The van der Waals surface area contributed by atoms with Gasteiger partial charge in [0.25, 0.3) is 0 Å². The summed E-state index contributed by atoms with van der Waals surface area (Å²) in [5.74, 6) is -0.469. The van der Waals surface area contributed by atoms with Gasteiger partial charge in [-0.1, -0.05) is 43.3 Å². The van der Waals surface area contributed by atoms with Crippen molar-refractivity contribution in [3.63, 3.8) is 0 Å². The SMILES string of the molecule is CCc1ccc(C2CC(=O)NC3=C2C(=O)CC(c2ccc(F)cc2)C3)cc1. The molecule has 2 unspecified atom stereocenters. The van der Waals surface area contributed by atoms with Crippen LogP contribution in [-0.4, -0.2) is 11.7 Å². The van der Waals surface area contributed by atoms with E-state index in [2.05, 4.69) is 24.4 Å². The topological polar surface area (TPSA) is 46.2 Å². The molecule has 27 heavy (non-hydrogen) atoms. The Bertz CT molecular complexity index is 912. The van der Waals surface area contributed by atoms with Crippen molar-refractivity contribution in [2.24, 2.45) is 0 Å². The van der Waals surface area contributed by atoms with Gasteiger partial charge >= 0.3 is 0 Å². The van der Waals surface area contributed by atoms with Crippen LogP contribution in [-0.2, 0) is 16.0 Å². The second-order valence-corrected chi connectivity index (χ2v) is 7.37. The van der Waals surface area contributed by atoms with Crippen LogP contribution in [0.15, 0.2) is 59.8 Å². The molecule has 0 fully saturated rings. The minimum absolute atomic E-state index is 0.0293. The van der Waals surface area contributed by atoms with E-state index in [1.54, 1.807) is 12.1 Å². The van der Waals surface area contributed by atoms with Gasteiger partial charge in [-0.2, -0.15) is 0 Å². The third kappa shape index (κ3) is 3.44. The molecule has 0 aromatic heterocycles. The lowest BCUT2D eigenvalue weighted by Crippen LogP contribution is -2.38. The van der Waals surface area contributed by atoms with Gasteiger partial charge < -0.3 is 5.32 Å². The number of halogens is 1.